The number of rotatable bonds is 5. The van der Waals surface area contributed by atoms with Crippen molar-refractivity contribution in [1.82, 2.24) is 0 Å². The van der Waals surface area contributed by atoms with Gasteiger partial charge in [0, 0.05) is 16.7 Å². The third-order valence-electron chi connectivity index (χ3n) is 1.55. The Morgan fingerprint density at radius 3 is 2.93 bits per heavy atom. The molecule has 0 spiro atoms. The van der Waals surface area contributed by atoms with E-state index in [9.17, 15) is 4.79 Å². The molecular weight excluding hydrogens is 228 g/mol. The second-order valence-corrected chi connectivity index (χ2v) is 5.97. The van der Waals surface area contributed by atoms with Gasteiger partial charge in [0.2, 0.25) is 0 Å². The van der Waals surface area contributed by atoms with Gasteiger partial charge in [-0.2, -0.15) is 0 Å². The van der Waals surface area contributed by atoms with Crippen molar-refractivity contribution in [2.75, 3.05) is 5.75 Å². The summed E-state index contributed by atoms with van der Waals surface area (Å²) in [5, 5.41) is 8.47. The second-order valence-electron chi connectivity index (χ2n) is 3.53. The van der Waals surface area contributed by atoms with Crippen LogP contribution in [0.15, 0.2) is 22.4 Å². The molecular formula is C11H14O2S2. The number of hydrogen-bond donors (Lipinski definition) is 1. The minimum atomic E-state index is -0.903. The first kappa shape index (κ1) is 12.3. The molecule has 0 saturated heterocycles. The largest absolute Gasteiger partial charge is 0.478 e. The summed E-state index contributed by atoms with van der Waals surface area (Å²) < 4.78 is 1.24. The Morgan fingerprint density at radius 2 is 2.33 bits per heavy atom. The second kappa shape index (κ2) is 5.98. The molecule has 1 N–H and O–H groups in total. The van der Waals surface area contributed by atoms with Gasteiger partial charge in [0.15, 0.2) is 0 Å². The minimum Gasteiger partial charge on any atom is -0.478 e. The zero-order valence-corrected chi connectivity index (χ0v) is 10.4. The van der Waals surface area contributed by atoms with Crippen LogP contribution in [0.4, 0.5) is 0 Å². The molecule has 0 saturated carbocycles. The van der Waals surface area contributed by atoms with E-state index in [1.165, 1.54) is 10.3 Å². The molecule has 0 amide bonds. The number of hydrogen-bond acceptors (Lipinski definition) is 3. The monoisotopic (exact) mass is 242 g/mol. The fourth-order valence-electron chi connectivity index (χ4n) is 0.904. The Labute approximate surface area is 98.0 Å². The Hall–Kier alpha value is -0.740. The maximum absolute atomic E-state index is 10.3. The van der Waals surface area contributed by atoms with Crippen molar-refractivity contribution < 1.29 is 9.90 Å². The molecule has 0 bridgehead atoms. The zero-order valence-electron chi connectivity index (χ0n) is 8.77. The predicted molar refractivity (Wildman–Crippen MR) is 66.6 cm³/mol. The van der Waals surface area contributed by atoms with E-state index in [0.29, 0.717) is 5.92 Å². The van der Waals surface area contributed by atoms with Crippen LogP contribution in [-0.2, 0) is 4.79 Å². The predicted octanol–water partition coefficient (Wildman–Crippen LogP) is 3.59. The minimum absolute atomic E-state index is 0.676. The molecule has 2 nitrogen and oxygen atoms in total. The summed E-state index contributed by atoms with van der Waals surface area (Å²) in [4.78, 5) is 11.3. The number of carbonyl (C=O) groups is 1. The molecule has 4 heteroatoms. The number of aliphatic carboxylic acids is 1. The molecule has 0 atom stereocenters. The SMILES string of the molecule is CC(C)CSc1ccc(C=CC(=O)O)s1. The van der Waals surface area contributed by atoms with Crippen molar-refractivity contribution >= 4 is 35.1 Å². The van der Waals surface area contributed by atoms with E-state index in [1.807, 2.05) is 23.9 Å². The Kier molecular flexibility index (Phi) is 4.91. The van der Waals surface area contributed by atoms with Crippen LogP contribution >= 0.6 is 23.1 Å². The Bertz CT molecular complexity index is 353. The molecule has 1 rings (SSSR count). The summed E-state index contributed by atoms with van der Waals surface area (Å²) >= 11 is 3.45. The highest BCUT2D eigenvalue weighted by atomic mass is 32.2. The fraction of sp³-hybridized carbons (Fsp3) is 0.364. The van der Waals surface area contributed by atoms with Gasteiger partial charge in [-0.3, -0.25) is 0 Å². The van der Waals surface area contributed by atoms with Gasteiger partial charge in [0.25, 0.3) is 0 Å². The molecule has 1 heterocycles. The molecule has 1 aromatic heterocycles. The maximum Gasteiger partial charge on any atom is 0.328 e. The highest BCUT2D eigenvalue weighted by Crippen LogP contribution is 2.29. The number of thioether (sulfide) groups is 1. The van der Waals surface area contributed by atoms with E-state index in [0.717, 1.165) is 10.6 Å². The standard InChI is InChI=1S/C11H14O2S2/c1-8(2)7-14-11-6-4-9(15-11)3-5-10(12)13/h3-6,8H,7H2,1-2H3,(H,12,13). The normalized spacial score (nSPS) is 11.4. The topological polar surface area (TPSA) is 37.3 Å². The summed E-state index contributed by atoms with van der Waals surface area (Å²) in [5.74, 6) is 0.873. The molecule has 0 aliphatic carbocycles. The number of carboxylic acids is 1. The Morgan fingerprint density at radius 1 is 1.60 bits per heavy atom. The van der Waals surface area contributed by atoms with E-state index < -0.39 is 5.97 Å². The van der Waals surface area contributed by atoms with Gasteiger partial charge < -0.3 is 5.11 Å². The molecule has 0 aromatic carbocycles. The molecule has 0 aliphatic rings. The van der Waals surface area contributed by atoms with Crippen LogP contribution in [0.25, 0.3) is 6.08 Å². The highest BCUT2D eigenvalue weighted by Gasteiger charge is 2.00. The number of thiophene rings is 1. The Balaban J connectivity index is 2.52. The van der Waals surface area contributed by atoms with Crippen molar-refractivity contribution in [2.45, 2.75) is 18.1 Å². The van der Waals surface area contributed by atoms with Crippen molar-refractivity contribution in [1.29, 1.82) is 0 Å². The average molecular weight is 242 g/mol. The molecule has 0 aliphatic heterocycles. The smallest absolute Gasteiger partial charge is 0.328 e. The van der Waals surface area contributed by atoms with E-state index in [1.54, 1.807) is 17.4 Å². The summed E-state index contributed by atoms with van der Waals surface area (Å²) in [5.41, 5.74) is 0. The molecule has 1 aromatic rings. The summed E-state index contributed by atoms with van der Waals surface area (Å²) in [6, 6.07) is 3.99. The van der Waals surface area contributed by atoms with Crippen LogP contribution < -0.4 is 0 Å². The van der Waals surface area contributed by atoms with Gasteiger partial charge in [-0.15, -0.1) is 23.1 Å². The van der Waals surface area contributed by atoms with E-state index in [2.05, 4.69) is 13.8 Å². The number of carboxylic acid groups (broad SMARTS) is 1. The molecule has 15 heavy (non-hydrogen) atoms. The van der Waals surface area contributed by atoms with Crippen LogP contribution in [-0.4, -0.2) is 16.8 Å². The van der Waals surface area contributed by atoms with Gasteiger partial charge in [-0.25, -0.2) is 4.79 Å². The first-order valence-electron chi connectivity index (χ1n) is 4.71. The fourth-order valence-corrected chi connectivity index (χ4v) is 2.93. The lowest BCUT2D eigenvalue weighted by Gasteiger charge is -2.00. The van der Waals surface area contributed by atoms with Crippen molar-refractivity contribution in [2.24, 2.45) is 5.92 Å². The average Bonchev–Trinajstić information content (AvgIpc) is 2.59. The van der Waals surface area contributed by atoms with Crippen LogP contribution in [0.3, 0.4) is 0 Å². The third kappa shape index (κ3) is 5.04. The van der Waals surface area contributed by atoms with Crippen LogP contribution in [0.5, 0.6) is 0 Å². The van der Waals surface area contributed by atoms with E-state index >= 15 is 0 Å². The van der Waals surface area contributed by atoms with Gasteiger partial charge in [-0.1, -0.05) is 13.8 Å². The van der Waals surface area contributed by atoms with Crippen LogP contribution in [0.2, 0.25) is 0 Å². The zero-order chi connectivity index (χ0) is 11.3. The van der Waals surface area contributed by atoms with Gasteiger partial charge in [-0.05, 0) is 24.1 Å². The first-order chi connectivity index (χ1) is 7.08. The molecule has 0 unspecified atom stereocenters. The lowest BCUT2D eigenvalue weighted by molar-refractivity contribution is -0.131. The summed E-state index contributed by atoms with van der Waals surface area (Å²) in [6.45, 7) is 4.37. The lowest BCUT2D eigenvalue weighted by Crippen LogP contribution is -1.88. The van der Waals surface area contributed by atoms with E-state index in [4.69, 9.17) is 5.11 Å². The van der Waals surface area contributed by atoms with Gasteiger partial charge in [0.1, 0.15) is 0 Å². The quantitative estimate of drug-likeness (QED) is 0.633. The molecule has 82 valence electrons. The first-order valence-corrected chi connectivity index (χ1v) is 6.52. The van der Waals surface area contributed by atoms with Crippen LogP contribution in [0, 0.1) is 5.92 Å². The van der Waals surface area contributed by atoms with Crippen LogP contribution in [0.1, 0.15) is 18.7 Å². The van der Waals surface area contributed by atoms with Crippen molar-refractivity contribution in [3.63, 3.8) is 0 Å². The maximum atomic E-state index is 10.3. The van der Waals surface area contributed by atoms with Crippen molar-refractivity contribution in [3.05, 3.63) is 23.1 Å². The molecule has 0 radical (unpaired) electrons. The summed E-state index contributed by atoms with van der Waals surface area (Å²) in [6.07, 6.45) is 2.80. The highest BCUT2D eigenvalue weighted by molar-refractivity contribution is 8.01. The summed E-state index contributed by atoms with van der Waals surface area (Å²) in [7, 11) is 0. The third-order valence-corrected chi connectivity index (χ3v) is 4.25. The molecule has 0 fully saturated rings. The van der Waals surface area contributed by atoms with E-state index in [-0.39, 0.29) is 0 Å². The van der Waals surface area contributed by atoms with Gasteiger partial charge >= 0.3 is 5.97 Å². The van der Waals surface area contributed by atoms with Gasteiger partial charge in [0.05, 0.1) is 4.21 Å². The lowest BCUT2D eigenvalue weighted by atomic mass is 10.3. The van der Waals surface area contributed by atoms with Crippen molar-refractivity contribution in [3.8, 4) is 0 Å².